The van der Waals surface area contributed by atoms with Crippen LogP contribution in [0, 0.1) is 5.92 Å². The van der Waals surface area contributed by atoms with Crippen LogP contribution in [0.25, 0.3) is 11.2 Å². The molecule has 6 heteroatoms. The highest BCUT2D eigenvalue weighted by atomic mass is 32.2. The van der Waals surface area contributed by atoms with Gasteiger partial charge in [-0.1, -0.05) is 13.8 Å². The Bertz CT molecular complexity index is 467. The van der Waals surface area contributed by atoms with Crippen molar-refractivity contribution in [2.24, 2.45) is 11.7 Å². The number of H-pyrrole nitrogens is 1. The van der Waals surface area contributed by atoms with Crippen molar-refractivity contribution < 1.29 is 0 Å². The summed E-state index contributed by atoms with van der Waals surface area (Å²) >= 11 is 1.64. The van der Waals surface area contributed by atoms with Crippen molar-refractivity contribution in [3.63, 3.8) is 0 Å². The highest BCUT2D eigenvalue weighted by Crippen LogP contribution is 2.23. The number of imidazole rings is 1. The van der Waals surface area contributed by atoms with E-state index in [9.17, 15) is 0 Å². The highest BCUT2D eigenvalue weighted by molar-refractivity contribution is 7.99. The minimum atomic E-state index is 0.179. The minimum Gasteiger partial charge on any atom is -0.341 e. The summed E-state index contributed by atoms with van der Waals surface area (Å²) in [6.07, 6.45) is 3.16. The molecule has 0 spiro atoms. The number of rotatable bonds is 4. The number of hydrogen-bond donors (Lipinski definition) is 2. The summed E-state index contributed by atoms with van der Waals surface area (Å²) < 4.78 is 0. The predicted octanol–water partition coefficient (Wildman–Crippen LogP) is 1.43. The zero-order chi connectivity index (χ0) is 11.5. The van der Waals surface area contributed by atoms with E-state index in [-0.39, 0.29) is 6.04 Å². The molecule has 0 radical (unpaired) electrons. The first-order valence-electron chi connectivity index (χ1n) is 5.21. The Balaban J connectivity index is 2.12. The molecular formula is C10H15N5S. The van der Waals surface area contributed by atoms with Crippen molar-refractivity contribution in [2.45, 2.75) is 24.9 Å². The molecule has 2 aromatic rings. The number of nitrogens with one attached hydrogen (secondary N) is 1. The van der Waals surface area contributed by atoms with Crippen LogP contribution in [0.1, 0.15) is 13.8 Å². The Hall–Kier alpha value is -1.14. The molecular weight excluding hydrogens is 222 g/mol. The average molecular weight is 237 g/mol. The van der Waals surface area contributed by atoms with Crippen LogP contribution in [0.4, 0.5) is 0 Å². The van der Waals surface area contributed by atoms with Crippen LogP contribution in [0.15, 0.2) is 17.7 Å². The van der Waals surface area contributed by atoms with Crippen LogP contribution in [0.3, 0.4) is 0 Å². The Morgan fingerprint density at radius 2 is 2.19 bits per heavy atom. The van der Waals surface area contributed by atoms with Crippen molar-refractivity contribution >= 4 is 22.9 Å². The zero-order valence-electron chi connectivity index (χ0n) is 9.34. The van der Waals surface area contributed by atoms with E-state index in [1.807, 2.05) is 0 Å². The molecule has 3 N–H and O–H groups in total. The number of aromatic amines is 1. The topological polar surface area (TPSA) is 80.5 Å². The van der Waals surface area contributed by atoms with E-state index in [1.54, 1.807) is 18.1 Å². The largest absolute Gasteiger partial charge is 0.341 e. The van der Waals surface area contributed by atoms with Crippen molar-refractivity contribution in [2.75, 3.05) is 5.75 Å². The lowest BCUT2D eigenvalue weighted by atomic mass is 10.1. The van der Waals surface area contributed by atoms with E-state index < -0.39 is 0 Å². The van der Waals surface area contributed by atoms with Gasteiger partial charge in [-0.3, -0.25) is 0 Å². The molecule has 1 atom stereocenters. The van der Waals surface area contributed by atoms with Gasteiger partial charge in [0.15, 0.2) is 5.65 Å². The average Bonchev–Trinajstić information content (AvgIpc) is 2.73. The van der Waals surface area contributed by atoms with E-state index in [4.69, 9.17) is 5.73 Å². The summed E-state index contributed by atoms with van der Waals surface area (Å²) in [4.78, 5) is 15.4. The van der Waals surface area contributed by atoms with E-state index in [1.165, 1.54) is 6.33 Å². The lowest BCUT2D eigenvalue weighted by molar-refractivity contribution is 0.535. The fourth-order valence-corrected chi connectivity index (χ4v) is 2.37. The smallest absolute Gasteiger partial charge is 0.181 e. The Kier molecular flexibility index (Phi) is 3.40. The fraction of sp³-hybridized carbons (Fsp3) is 0.500. The molecule has 2 aromatic heterocycles. The van der Waals surface area contributed by atoms with Gasteiger partial charge in [-0.05, 0) is 5.92 Å². The summed E-state index contributed by atoms with van der Waals surface area (Å²) in [6, 6.07) is 0.179. The quantitative estimate of drug-likeness (QED) is 0.621. The van der Waals surface area contributed by atoms with Gasteiger partial charge in [-0.15, -0.1) is 11.8 Å². The van der Waals surface area contributed by atoms with Gasteiger partial charge in [0.05, 0.1) is 6.33 Å². The summed E-state index contributed by atoms with van der Waals surface area (Å²) in [6.45, 7) is 4.24. The summed E-state index contributed by atoms with van der Waals surface area (Å²) in [5.41, 5.74) is 7.59. The summed E-state index contributed by atoms with van der Waals surface area (Å²) in [5.74, 6) is 1.33. The first-order chi connectivity index (χ1) is 7.68. The summed E-state index contributed by atoms with van der Waals surface area (Å²) in [7, 11) is 0. The van der Waals surface area contributed by atoms with Gasteiger partial charge in [0.25, 0.3) is 0 Å². The van der Waals surface area contributed by atoms with Crippen LogP contribution in [0.2, 0.25) is 0 Å². The second-order valence-electron chi connectivity index (χ2n) is 4.00. The van der Waals surface area contributed by atoms with Crippen LogP contribution in [-0.4, -0.2) is 31.7 Å². The maximum atomic E-state index is 5.99. The number of nitrogens with two attached hydrogens (primary N) is 1. The summed E-state index contributed by atoms with van der Waals surface area (Å²) in [5, 5.41) is 0.915. The van der Waals surface area contributed by atoms with Crippen LogP contribution >= 0.6 is 11.8 Å². The fourth-order valence-electron chi connectivity index (χ4n) is 1.22. The highest BCUT2D eigenvalue weighted by Gasteiger charge is 2.11. The third kappa shape index (κ3) is 2.33. The Morgan fingerprint density at radius 1 is 1.38 bits per heavy atom. The lowest BCUT2D eigenvalue weighted by Gasteiger charge is -2.14. The van der Waals surface area contributed by atoms with Crippen molar-refractivity contribution in [1.29, 1.82) is 0 Å². The number of fused-ring (bicyclic) bond motifs is 1. The van der Waals surface area contributed by atoms with Crippen LogP contribution < -0.4 is 5.73 Å². The molecule has 0 fully saturated rings. The second-order valence-corrected chi connectivity index (χ2v) is 5.01. The maximum absolute atomic E-state index is 5.99. The van der Waals surface area contributed by atoms with Crippen molar-refractivity contribution in [3.8, 4) is 0 Å². The van der Waals surface area contributed by atoms with Gasteiger partial charge in [0.2, 0.25) is 0 Å². The third-order valence-electron chi connectivity index (χ3n) is 2.46. The normalized spacial score (nSPS) is 13.5. The van der Waals surface area contributed by atoms with Gasteiger partial charge in [-0.2, -0.15) is 0 Å². The second kappa shape index (κ2) is 4.80. The molecule has 0 aliphatic carbocycles. The third-order valence-corrected chi connectivity index (χ3v) is 3.59. The molecule has 0 amide bonds. The van der Waals surface area contributed by atoms with Crippen molar-refractivity contribution in [1.82, 2.24) is 19.9 Å². The molecule has 5 nitrogen and oxygen atoms in total. The van der Waals surface area contributed by atoms with Gasteiger partial charge in [0.1, 0.15) is 16.9 Å². The molecule has 0 saturated carbocycles. The van der Waals surface area contributed by atoms with E-state index in [0.717, 1.165) is 16.3 Å². The van der Waals surface area contributed by atoms with Gasteiger partial charge >= 0.3 is 0 Å². The Morgan fingerprint density at radius 3 is 2.94 bits per heavy atom. The Labute approximate surface area is 98.3 Å². The molecule has 2 heterocycles. The molecule has 0 bridgehead atoms. The van der Waals surface area contributed by atoms with Crippen molar-refractivity contribution in [3.05, 3.63) is 12.7 Å². The molecule has 0 aliphatic rings. The molecule has 2 rings (SSSR count). The van der Waals surface area contributed by atoms with Crippen LogP contribution in [-0.2, 0) is 0 Å². The predicted molar refractivity (Wildman–Crippen MR) is 65.2 cm³/mol. The maximum Gasteiger partial charge on any atom is 0.181 e. The SMILES string of the molecule is CC(C)C(N)CSc1ncnc2nc[nH]c12. The monoisotopic (exact) mass is 237 g/mol. The first-order valence-corrected chi connectivity index (χ1v) is 6.19. The molecule has 1 unspecified atom stereocenters. The van der Waals surface area contributed by atoms with E-state index >= 15 is 0 Å². The number of thioether (sulfide) groups is 1. The van der Waals surface area contributed by atoms with Gasteiger partial charge < -0.3 is 10.7 Å². The van der Waals surface area contributed by atoms with Gasteiger partial charge in [-0.25, -0.2) is 15.0 Å². The number of aromatic nitrogens is 4. The number of hydrogen-bond acceptors (Lipinski definition) is 5. The molecule has 86 valence electrons. The minimum absolute atomic E-state index is 0.179. The first kappa shape index (κ1) is 11.3. The molecule has 16 heavy (non-hydrogen) atoms. The van der Waals surface area contributed by atoms with E-state index in [0.29, 0.717) is 11.6 Å². The van der Waals surface area contributed by atoms with Crippen LogP contribution in [0.5, 0.6) is 0 Å². The molecule has 0 aromatic carbocycles. The lowest BCUT2D eigenvalue weighted by Crippen LogP contribution is -2.28. The molecule has 0 saturated heterocycles. The molecule has 0 aliphatic heterocycles. The standard InChI is InChI=1S/C10H15N5S/c1-6(2)7(11)3-16-10-8-9(13-4-12-8)14-5-15-10/h4-7H,3,11H2,1-2H3,(H,12,13,14,15). The van der Waals surface area contributed by atoms with Gasteiger partial charge in [0, 0.05) is 11.8 Å². The zero-order valence-corrected chi connectivity index (χ0v) is 10.2. The number of nitrogens with zero attached hydrogens (tertiary/aromatic N) is 3. The van der Waals surface area contributed by atoms with E-state index in [2.05, 4.69) is 33.8 Å².